The maximum Gasteiger partial charge on any atom is 0.416 e. The Bertz CT molecular complexity index is 1150. The van der Waals surface area contributed by atoms with Gasteiger partial charge in [0.05, 0.1) is 17.3 Å². The summed E-state index contributed by atoms with van der Waals surface area (Å²) < 4.78 is 52.4. The number of alkyl halides is 3. The molecule has 1 saturated heterocycles. The van der Waals surface area contributed by atoms with Crippen LogP contribution in [-0.4, -0.2) is 23.3 Å². The molecule has 1 aromatic carbocycles. The van der Waals surface area contributed by atoms with Crippen molar-refractivity contribution in [2.24, 2.45) is 5.41 Å². The molecule has 2 aliphatic carbocycles. The van der Waals surface area contributed by atoms with Gasteiger partial charge in [0.25, 0.3) is 0 Å². The van der Waals surface area contributed by atoms with Crippen LogP contribution in [0.5, 0.6) is 0 Å². The summed E-state index contributed by atoms with van der Waals surface area (Å²) in [6.07, 6.45) is 2.07. The van der Waals surface area contributed by atoms with Crippen molar-refractivity contribution in [1.29, 1.82) is 0 Å². The van der Waals surface area contributed by atoms with Crippen LogP contribution < -0.4 is 0 Å². The third-order valence-corrected chi connectivity index (χ3v) is 9.00. The minimum absolute atomic E-state index is 0.109. The van der Waals surface area contributed by atoms with Crippen LogP contribution in [0, 0.1) is 5.41 Å². The lowest BCUT2D eigenvalue weighted by molar-refractivity contribution is -0.137. The maximum atomic E-state index is 13.3. The van der Waals surface area contributed by atoms with Crippen LogP contribution in [-0.2, 0) is 27.7 Å². The highest BCUT2D eigenvalue weighted by Gasteiger charge is 2.53. The number of ether oxygens (including phenoxy) is 2. The van der Waals surface area contributed by atoms with Crippen molar-refractivity contribution in [2.45, 2.75) is 95.1 Å². The van der Waals surface area contributed by atoms with Crippen LogP contribution in [0.2, 0.25) is 0 Å². The highest BCUT2D eigenvalue weighted by molar-refractivity contribution is 5.54. The first-order valence-corrected chi connectivity index (χ1v) is 13.3. The first-order chi connectivity index (χ1) is 17.1. The summed E-state index contributed by atoms with van der Waals surface area (Å²) in [6, 6.07) is 5.33. The molecule has 4 nitrogen and oxygen atoms in total. The SMILES string of the molecule is CC(C)c1nc2c(c3c1[C@@H](c1ccc(C(F)(F)F)cc1)OC31CCOCC1)[C@@H](O)CC1(CCCC1)C2. The van der Waals surface area contributed by atoms with E-state index >= 15 is 0 Å². The first-order valence-electron chi connectivity index (χ1n) is 13.3. The minimum Gasteiger partial charge on any atom is -0.388 e. The normalized spacial score (nSPS) is 26.5. The van der Waals surface area contributed by atoms with E-state index in [9.17, 15) is 18.3 Å². The number of fused-ring (bicyclic) bond motifs is 4. The van der Waals surface area contributed by atoms with Gasteiger partial charge in [-0.25, -0.2) is 0 Å². The monoisotopic (exact) mass is 501 g/mol. The molecule has 2 atom stereocenters. The van der Waals surface area contributed by atoms with Gasteiger partial charge in [-0.3, -0.25) is 4.98 Å². The highest BCUT2D eigenvalue weighted by Crippen LogP contribution is 2.59. The molecule has 194 valence electrons. The van der Waals surface area contributed by atoms with Crippen molar-refractivity contribution in [3.05, 3.63) is 63.5 Å². The lowest BCUT2D eigenvalue weighted by Crippen LogP contribution is -2.37. The second-order valence-corrected chi connectivity index (χ2v) is 11.6. The summed E-state index contributed by atoms with van der Waals surface area (Å²) in [7, 11) is 0. The molecule has 0 unspecified atom stereocenters. The van der Waals surface area contributed by atoms with E-state index in [2.05, 4.69) is 13.8 Å². The summed E-state index contributed by atoms with van der Waals surface area (Å²) in [4.78, 5) is 5.21. The number of rotatable bonds is 2. The molecule has 4 aliphatic rings. The number of aromatic nitrogens is 1. The van der Waals surface area contributed by atoms with Crippen LogP contribution in [0.25, 0.3) is 0 Å². The average Bonchev–Trinajstić information content (AvgIpc) is 3.41. The third-order valence-electron chi connectivity index (χ3n) is 9.00. The van der Waals surface area contributed by atoms with Gasteiger partial charge in [0.1, 0.15) is 6.10 Å². The second kappa shape index (κ2) is 8.53. The third kappa shape index (κ3) is 3.81. The lowest BCUT2D eigenvalue weighted by atomic mass is 9.67. The van der Waals surface area contributed by atoms with Crippen molar-refractivity contribution in [3.63, 3.8) is 0 Å². The fourth-order valence-electron chi connectivity index (χ4n) is 7.31. The Balaban J connectivity index is 1.55. The van der Waals surface area contributed by atoms with E-state index in [-0.39, 0.29) is 11.3 Å². The molecule has 6 rings (SSSR count). The quantitative estimate of drug-likeness (QED) is 0.487. The van der Waals surface area contributed by atoms with Gasteiger partial charge in [-0.1, -0.05) is 38.8 Å². The van der Waals surface area contributed by atoms with Crippen LogP contribution in [0.4, 0.5) is 13.2 Å². The molecule has 1 aromatic heterocycles. The Kier molecular flexibility index (Phi) is 5.78. The van der Waals surface area contributed by atoms with Crippen LogP contribution >= 0.6 is 0 Å². The van der Waals surface area contributed by atoms with Crippen molar-refractivity contribution >= 4 is 0 Å². The standard InChI is InChI=1S/C29H34F3NO3/c1-17(2)25-23-24(22-20(33-25)15-27(16-21(22)34)9-3-4-10-27)28(11-13-35-14-12-28)36-26(23)18-5-7-19(8-6-18)29(30,31)32/h5-8,17,21,26,34H,3-4,9-16H2,1-2H3/t21-,26+/m0/s1. The Morgan fingerprint density at radius 2 is 1.67 bits per heavy atom. The van der Waals surface area contributed by atoms with Gasteiger partial charge in [-0.15, -0.1) is 0 Å². The molecule has 1 N–H and O–H groups in total. The van der Waals surface area contributed by atoms with Crippen molar-refractivity contribution in [1.82, 2.24) is 4.98 Å². The number of nitrogens with zero attached hydrogens (tertiary/aromatic N) is 1. The van der Waals surface area contributed by atoms with Gasteiger partial charge in [0.15, 0.2) is 0 Å². The summed E-state index contributed by atoms with van der Waals surface area (Å²) >= 11 is 0. The molecule has 0 amide bonds. The fourth-order valence-corrected chi connectivity index (χ4v) is 7.31. The molecule has 0 radical (unpaired) electrons. The van der Waals surface area contributed by atoms with Crippen LogP contribution in [0.3, 0.4) is 0 Å². The van der Waals surface area contributed by atoms with Gasteiger partial charge >= 0.3 is 6.18 Å². The molecule has 3 heterocycles. The topological polar surface area (TPSA) is 51.6 Å². The molecular formula is C29H34F3NO3. The molecule has 2 aliphatic heterocycles. The summed E-state index contributed by atoms with van der Waals surface area (Å²) in [6.45, 7) is 5.32. The summed E-state index contributed by atoms with van der Waals surface area (Å²) in [5, 5.41) is 11.6. The molecule has 1 saturated carbocycles. The average molecular weight is 502 g/mol. The van der Waals surface area contributed by atoms with E-state index in [0.29, 0.717) is 31.6 Å². The smallest absolute Gasteiger partial charge is 0.388 e. The Hall–Kier alpha value is -1.96. The zero-order chi connectivity index (χ0) is 25.3. The molecule has 2 spiro atoms. The van der Waals surface area contributed by atoms with Gasteiger partial charge in [0.2, 0.25) is 0 Å². The summed E-state index contributed by atoms with van der Waals surface area (Å²) in [5.74, 6) is 0.109. The highest BCUT2D eigenvalue weighted by atomic mass is 19.4. The molecule has 2 aromatic rings. The number of pyridine rings is 1. The molecule has 2 fully saturated rings. The number of aliphatic hydroxyl groups is 1. The summed E-state index contributed by atoms with van der Waals surface area (Å²) in [5.41, 5.74) is 4.37. The van der Waals surface area contributed by atoms with E-state index < -0.39 is 29.5 Å². The number of halogens is 3. The van der Waals surface area contributed by atoms with Gasteiger partial charge in [-0.2, -0.15) is 13.2 Å². The van der Waals surface area contributed by atoms with E-state index in [4.69, 9.17) is 14.5 Å². The Morgan fingerprint density at radius 1 is 1.00 bits per heavy atom. The Labute approximate surface area is 210 Å². The molecular weight excluding hydrogens is 467 g/mol. The lowest BCUT2D eigenvalue weighted by Gasteiger charge is -2.41. The number of hydrogen-bond donors (Lipinski definition) is 1. The van der Waals surface area contributed by atoms with E-state index in [0.717, 1.165) is 65.9 Å². The van der Waals surface area contributed by atoms with Crippen LogP contribution in [0.15, 0.2) is 24.3 Å². The predicted octanol–water partition coefficient (Wildman–Crippen LogP) is 6.89. The predicted molar refractivity (Wildman–Crippen MR) is 129 cm³/mol. The number of aliphatic hydroxyl groups excluding tert-OH is 1. The minimum atomic E-state index is -4.39. The number of hydrogen-bond acceptors (Lipinski definition) is 4. The number of benzene rings is 1. The largest absolute Gasteiger partial charge is 0.416 e. The molecule has 36 heavy (non-hydrogen) atoms. The second-order valence-electron chi connectivity index (χ2n) is 11.6. The van der Waals surface area contributed by atoms with Crippen molar-refractivity contribution in [3.8, 4) is 0 Å². The zero-order valence-electron chi connectivity index (χ0n) is 21.0. The van der Waals surface area contributed by atoms with E-state index in [1.807, 2.05) is 0 Å². The zero-order valence-corrected chi connectivity index (χ0v) is 21.0. The van der Waals surface area contributed by atoms with Gasteiger partial charge in [-0.05, 0) is 60.3 Å². The molecule has 0 bridgehead atoms. The van der Waals surface area contributed by atoms with Gasteiger partial charge < -0.3 is 14.6 Å². The fraction of sp³-hybridized carbons (Fsp3) is 0.621. The van der Waals surface area contributed by atoms with E-state index in [1.165, 1.54) is 25.0 Å². The maximum absolute atomic E-state index is 13.3. The van der Waals surface area contributed by atoms with Crippen molar-refractivity contribution < 1.29 is 27.8 Å². The molecule has 7 heteroatoms. The first kappa shape index (κ1) is 24.4. The van der Waals surface area contributed by atoms with E-state index in [1.54, 1.807) is 0 Å². The van der Waals surface area contributed by atoms with Gasteiger partial charge in [0, 0.05) is 48.6 Å². The van der Waals surface area contributed by atoms with Crippen LogP contribution in [0.1, 0.15) is 116 Å². The Morgan fingerprint density at radius 3 is 2.28 bits per heavy atom. The van der Waals surface area contributed by atoms with Crippen molar-refractivity contribution in [2.75, 3.05) is 13.2 Å².